The lowest BCUT2D eigenvalue weighted by Crippen LogP contribution is -2.34. The molecule has 0 aromatic rings. The topological polar surface area (TPSA) is 63.7 Å². The minimum atomic E-state index is -0.521. The van der Waals surface area contributed by atoms with Gasteiger partial charge in [0.2, 0.25) is 5.91 Å². The number of esters is 1. The van der Waals surface area contributed by atoms with Crippen LogP contribution < -0.4 is 0 Å². The van der Waals surface area contributed by atoms with Gasteiger partial charge >= 0.3 is 5.97 Å². The monoisotopic (exact) mass is 231 g/mol. The summed E-state index contributed by atoms with van der Waals surface area (Å²) in [5, 5.41) is -0.368. The van der Waals surface area contributed by atoms with Crippen molar-refractivity contribution in [3.8, 4) is 0 Å². The fourth-order valence-corrected chi connectivity index (χ4v) is 1.76. The van der Waals surface area contributed by atoms with E-state index in [0.29, 0.717) is 6.61 Å². The van der Waals surface area contributed by atoms with Gasteiger partial charge in [0.1, 0.15) is 6.54 Å². The highest BCUT2D eigenvalue weighted by atomic mass is 32.2. The number of carbonyl (C=O) groups is 3. The fourth-order valence-electron chi connectivity index (χ4n) is 1.04. The number of amides is 2. The highest BCUT2D eigenvalue weighted by molar-refractivity contribution is 8.14. The van der Waals surface area contributed by atoms with Crippen molar-refractivity contribution in [3.05, 3.63) is 0 Å². The van der Waals surface area contributed by atoms with Crippen LogP contribution in [0.25, 0.3) is 0 Å². The maximum absolute atomic E-state index is 11.2. The van der Waals surface area contributed by atoms with Gasteiger partial charge in [-0.3, -0.25) is 19.3 Å². The molecule has 0 aromatic carbocycles. The summed E-state index contributed by atoms with van der Waals surface area (Å²) in [5.41, 5.74) is 0. The Morgan fingerprint density at radius 3 is 2.80 bits per heavy atom. The molecule has 0 saturated carbocycles. The van der Waals surface area contributed by atoms with Crippen LogP contribution in [0.4, 0.5) is 4.79 Å². The molecule has 15 heavy (non-hydrogen) atoms. The van der Waals surface area contributed by atoms with E-state index in [4.69, 9.17) is 4.74 Å². The first-order chi connectivity index (χ1) is 7.15. The summed E-state index contributed by atoms with van der Waals surface area (Å²) >= 11 is 0.913. The molecule has 0 aliphatic carbocycles. The Bertz CT molecular complexity index is 263. The Kier molecular flexibility index (Phi) is 4.61. The quantitative estimate of drug-likeness (QED) is 0.522. The summed E-state index contributed by atoms with van der Waals surface area (Å²) in [6, 6.07) is 0. The van der Waals surface area contributed by atoms with Crippen LogP contribution in [0.5, 0.6) is 0 Å². The van der Waals surface area contributed by atoms with Crippen LogP contribution in [0.1, 0.15) is 19.8 Å². The van der Waals surface area contributed by atoms with Crippen LogP contribution in [0, 0.1) is 0 Å². The van der Waals surface area contributed by atoms with Crippen LogP contribution >= 0.6 is 11.8 Å². The molecule has 0 bridgehead atoms. The van der Waals surface area contributed by atoms with Crippen molar-refractivity contribution >= 4 is 28.9 Å². The maximum Gasteiger partial charge on any atom is 0.326 e. The SMILES string of the molecule is CCCCOC(=O)CN1C(=O)CSC1=O. The summed E-state index contributed by atoms with van der Waals surface area (Å²) < 4.78 is 4.85. The van der Waals surface area contributed by atoms with Crippen molar-refractivity contribution in [2.75, 3.05) is 18.9 Å². The smallest absolute Gasteiger partial charge is 0.326 e. The third-order valence-corrected chi connectivity index (χ3v) is 2.75. The Morgan fingerprint density at radius 2 is 2.27 bits per heavy atom. The molecule has 0 spiro atoms. The molecule has 0 radical (unpaired) electrons. The van der Waals surface area contributed by atoms with Crippen LogP contribution in [0.2, 0.25) is 0 Å². The number of nitrogens with zero attached hydrogens (tertiary/aromatic N) is 1. The van der Waals surface area contributed by atoms with Crippen molar-refractivity contribution in [1.82, 2.24) is 4.90 Å². The summed E-state index contributed by atoms with van der Waals surface area (Å²) in [7, 11) is 0. The highest BCUT2D eigenvalue weighted by Gasteiger charge is 2.31. The highest BCUT2D eigenvalue weighted by Crippen LogP contribution is 2.18. The molecule has 1 rings (SSSR count). The Balaban J connectivity index is 2.31. The number of rotatable bonds is 5. The second-order valence-electron chi connectivity index (χ2n) is 3.11. The first kappa shape index (κ1) is 12.0. The van der Waals surface area contributed by atoms with Gasteiger partial charge in [-0.2, -0.15) is 0 Å². The molecule has 1 fully saturated rings. The summed E-state index contributed by atoms with van der Waals surface area (Å²) in [6.07, 6.45) is 1.73. The average Bonchev–Trinajstić information content (AvgIpc) is 2.50. The summed E-state index contributed by atoms with van der Waals surface area (Å²) in [4.78, 5) is 34.4. The third kappa shape index (κ3) is 3.54. The normalized spacial score (nSPS) is 15.9. The van der Waals surface area contributed by atoms with Gasteiger partial charge < -0.3 is 4.74 Å². The summed E-state index contributed by atoms with van der Waals surface area (Å²) in [5.74, 6) is -0.716. The van der Waals surface area contributed by atoms with E-state index >= 15 is 0 Å². The Morgan fingerprint density at radius 1 is 1.53 bits per heavy atom. The average molecular weight is 231 g/mol. The third-order valence-electron chi connectivity index (χ3n) is 1.89. The minimum Gasteiger partial charge on any atom is -0.464 e. The zero-order chi connectivity index (χ0) is 11.3. The number of imide groups is 1. The Labute approximate surface area is 92.1 Å². The molecule has 0 unspecified atom stereocenters. The molecule has 0 atom stereocenters. The fraction of sp³-hybridized carbons (Fsp3) is 0.667. The lowest BCUT2D eigenvalue weighted by molar-refractivity contribution is -0.146. The molecule has 5 nitrogen and oxygen atoms in total. The molecule has 0 N–H and O–H groups in total. The zero-order valence-electron chi connectivity index (χ0n) is 8.52. The number of carbonyl (C=O) groups excluding carboxylic acids is 3. The number of thioether (sulfide) groups is 1. The van der Waals surface area contributed by atoms with Crippen molar-refractivity contribution in [2.24, 2.45) is 0 Å². The molecule has 84 valence electrons. The van der Waals surface area contributed by atoms with Gasteiger partial charge in [0.05, 0.1) is 12.4 Å². The molecule has 2 amide bonds. The van der Waals surface area contributed by atoms with E-state index in [9.17, 15) is 14.4 Å². The van der Waals surface area contributed by atoms with E-state index in [-0.39, 0.29) is 23.4 Å². The number of unbranched alkanes of at least 4 members (excludes halogenated alkanes) is 1. The first-order valence-corrected chi connectivity index (χ1v) is 5.76. The molecule has 1 heterocycles. The minimum absolute atomic E-state index is 0.126. The van der Waals surface area contributed by atoms with Crippen LogP contribution in [-0.4, -0.2) is 40.9 Å². The van der Waals surface area contributed by atoms with E-state index in [1.54, 1.807) is 0 Å². The number of hydrogen-bond acceptors (Lipinski definition) is 5. The largest absolute Gasteiger partial charge is 0.464 e. The molecule has 1 saturated heterocycles. The zero-order valence-corrected chi connectivity index (χ0v) is 9.34. The molecular weight excluding hydrogens is 218 g/mol. The van der Waals surface area contributed by atoms with Gasteiger partial charge in [0.15, 0.2) is 0 Å². The second kappa shape index (κ2) is 5.75. The van der Waals surface area contributed by atoms with E-state index in [1.165, 1.54) is 0 Å². The standard InChI is InChI=1S/C9H13NO4S/c1-2-3-4-14-8(12)5-10-7(11)6-15-9(10)13/h2-6H2,1H3. The van der Waals surface area contributed by atoms with E-state index < -0.39 is 5.97 Å². The van der Waals surface area contributed by atoms with Crippen molar-refractivity contribution in [3.63, 3.8) is 0 Å². The second-order valence-corrected chi connectivity index (χ2v) is 4.04. The molecular formula is C9H13NO4S. The summed E-state index contributed by atoms with van der Waals surface area (Å²) in [6.45, 7) is 2.07. The van der Waals surface area contributed by atoms with Gasteiger partial charge in [0.25, 0.3) is 5.24 Å². The van der Waals surface area contributed by atoms with Gasteiger partial charge in [-0.25, -0.2) is 0 Å². The predicted octanol–water partition coefficient (Wildman–Crippen LogP) is 1.03. The molecule has 6 heteroatoms. The van der Waals surface area contributed by atoms with Crippen molar-refractivity contribution in [1.29, 1.82) is 0 Å². The van der Waals surface area contributed by atoms with Gasteiger partial charge in [-0.15, -0.1) is 0 Å². The van der Waals surface area contributed by atoms with Gasteiger partial charge in [-0.1, -0.05) is 25.1 Å². The van der Waals surface area contributed by atoms with E-state index in [2.05, 4.69) is 0 Å². The van der Waals surface area contributed by atoms with E-state index in [0.717, 1.165) is 29.5 Å². The number of ether oxygens (including phenoxy) is 1. The van der Waals surface area contributed by atoms with Gasteiger partial charge in [0, 0.05) is 0 Å². The van der Waals surface area contributed by atoms with Crippen molar-refractivity contribution in [2.45, 2.75) is 19.8 Å². The Hall–Kier alpha value is -1.04. The lowest BCUT2D eigenvalue weighted by atomic mass is 10.4. The molecule has 0 aromatic heterocycles. The van der Waals surface area contributed by atoms with Crippen LogP contribution in [-0.2, 0) is 14.3 Å². The first-order valence-electron chi connectivity index (χ1n) is 4.78. The van der Waals surface area contributed by atoms with Gasteiger partial charge in [-0.05, 0) is 6.42 Å². The van der Waals surface area contributed by atoms with Crippen LogP contribution in [0.15, 0.2) is 0 Å². The van der Waals surface area contributed by atoms with Crippen LogP contribution in [0.3, 0.4) is 0 Å². The number of hydrogen-bond donors (Lipinski definition) is 0. The molecule has 1 aliphatic heterocycles. The van der Waals surface area contributed by atoms with Crippen molar-refractivity contribution < 1.29 is 19.1 Å². The maximum atomic E-state index is 11.2. The predicted molar refractivity (Wildman–Crippen MR) is 55.4 cm³/mol. The van der Waals surface area contributed by atoms with E-state index in [1.807, 2.05) is 6.92 Å². The lowest BCUT2D eigenvalue weighted by Gasteiger charge is -2.11. The molecule has 1 aliphatic rings.